The molecule has 0 atom stereocenters. The molecule has 0 radical (unpaired) electrons. The van der Waals surface area contributed by atoms with Gasteiger partial charge in [-0.15, -0.1) is 0 Å². The van der Waals surface area contributed by atoms with Gasteiger partial charge in [-0.2, -0.15) is 0 Å². The number of carbonyl (C=O) groups is 2. The predicted octanol–water partition coefficient (Wildman–Crippen LogP) is 1.55. The Morgan fingerprint density at radius 1 is 0.774 bits per heavy atom. The number of rotatable bonds is 19. The maximum atomic E-state index is 11.4. The molecular formula is C21H39NO9. The van der Waals surface area contributed by atoms with Crippen molar-refractivity contribution in [3.8, 4) is 0 Å². The topological polar surface area (TPSA) is 111 Å². The van der Waals surface area contributed by atoms with E-state index in [2.05, 4.69) is 5.32 Å². The molecule has 1 rings (SSSR count). The van der Waals surface area contributed by atoms with Gasteiger partial charge in [-0.3, -0.25) is 0 Å². The van der Waals surface area contributed by atoms with Crippen molar-refractivity contribution in [2.75, 3.05) is 79.2 Å². The molecule has 1 amide bonds. The van der Waals surface area contributed by atoms with Crippen LogP contribution in [0.4, 0.5) is 4.79 Å². The minimum Gasteiger partial charge on any atom is -0.464 e. The summed E-state index contributed by atoms with van der Waals surface area (Å²) in [5, 5.41) is 2.61. The van der Waals surface area contributed by atoms with Gasteiger partial charge in [0, 0.05) is 6.54 Å². The van der Waals surface area contributed by atoms with E-state index in [0.29, 0.717) is 78.5 Å². The molecule has 1 N–H and O–H groups in total. The van der Waals surface area contributed by atoms with Crippen molar-refractivity contribution < 1.29 is 42.7 Å². The third-order valence-electron chi connectivity index (χ3n) is 3.80. The molecule has 0 unspecified atom stereocenters. The summed E-state index contributed by atoms with van der Waals surface area (Å²) in [5.41, 5.74) is -0.507. The van der Waals surface area contributed by atoms with Crippen molar-refractivity contribution in [3.63, 3.8) is 0 Å². The maximum Gasteiger partial charge on any atom is 0.407 e. The van der Waals surface area contributed by atoms with Gasteiger partial charge in [0.05, 0.1) is 66.1 Å². The molecule has 0 spiro atoms. The molecule has 0 bridgehead atoms. The van der Waals surface area contributed by atoms with E-state index in [0.717, 1.165) is 12.8 Å². The fraction of sp³-hybridized carbons (Fsp3) is 0.905. The van der Waals surface area contributed by atoms with Gasteiger partial charge in [0.2, 0.25) is 0 Å². The molecular weight excluding hydrogens is 410 g/mol. The van der Waals surface area contributed by atoms with Crippen LogP contribution in [0.2, 0.25) is 0 Å². The van der Waals surface area contributed by atoms with Gasteiger partial charge in [-0.25, -0.2) is 9.59 Å². The van der Waals surface area contributed by atoms with Gasteiger partial charge in [-0.1, -0.05) is 0 Å². The highest BCUT2D eigenvalue weighted by Gasteiger charge is 2.22. The Balaban J connectivity index is 1.69. The lowest BCUT2D eigenvalue weighted by Crippen LogP contribution is -2.34. The average Bonchev–Trinajstić information content (AvgIpc) is 3.52. The number of ether oxygens (including phenoxy) is 7. The monoisotopic (exact) mass is 449 g/mol. The van der Waals surface area contributed by atoms with Crippen molar-refractivity contribution in [2.45, 2.75) is 39.2 Å². The van der Waals surface area contributed by atoms with Crippen LogP contribution in [0.25, 0.3) is 0 Å². The molecule has 0 heterocycles. The second-order valence-corrected chi connectivity index (χ2v) is 8.06. The molecule has 1 aliphatic rings. The minimum absolute atomic E-state index is 0.0338. The fourth-order valence-corrected chi connectivity index (χ4v) is 2.11. The van der Waals surface area contributed by atoms with Crippen molar-refractivity contribution in [3.05, 3.63) is 0 Å². The normalized spacial score (nSPS) is 13.8. The summed E-state index contributed by atoms with van der Waals surface area (Å²) >= 11 is 0. The Morgan fingerprint density at radius 2 is 1.26 bits per heavy atom. The highest BCUT2D eigenvalue weighted by atomic mass is 16.6. The summed E-state index contributed by atoms with van der Waals surface area (Å²) in [4.78, 5) is 22.8. The van der Waals surface area contributed by atoms with Gasteiger partial charge in [0.15, 0.2) is 0 Å². The zero-order chi connectivity index (χ0) is 22.8. The largest absolute Gasteiger partial charge is 0.464 e. The second kappa shape index (κ2) is 17.1. The number of alkyl carbamates (subject to hydrolysis) is 1. The SMILES string of the molecule is CC(C)(C)OC(=O)NCCOCCOCCOCCOCCOCC(=O)OCC1CC1. The Hall–Kier alpha value is -1.46. The molecule has 10 heteroatoms. The van der Waals surface area contributed by atoms with Crippen LogP contribution in [0.1, 0.15) is 33.6 Å². The Bertz CT molecular complexity index is 478. The number of hydrogen-bond acceptors (Lipinski definition) is 9. The van der Waals surface area contributed by atoms with E-state index in [-0.39, 0.29) is 12.6 Å². The van der Waals surface area contributed by atoms with Gasteiger partial charge in [0.1, 0.15) is 12.2 Å². The zero-order valence-electron chi connectivity index (χ0n) is 19.2. The van der Waals surface area contributed by atoms with E-state index >= 15 is 0 Å². The predicted molar refractivity (Wildman–Crippen MR) is 112 cm³/mol. The molecule has 182 valence electrons. The summed E-state index contributed by atoms with van der Waals surface area (Å²) < 4.78 is 36.8. The lowest BCUT2D eigenvalue weighted by molar-refractivity contribution is -0.150. The first-order valence-electron chi connectivity index (χ1n) is 10.9. The van der Waals surface area contributed by atoms with Crippen LogP contribution < -0.4 is 5.32 Å². The average molecular weight is 450 g/mol. The number of carbonyl (C=O) groups excluding carboxylic acids is 2. The van der Waals surface area contributed by atoms with Gasteiger partial charge in [-0.05, 0) is 39.5 Å². The summed E-state index contributed by atoms with van der Waals surface area (Å²) in [5.74, 6) is 0.240. The number of nitrogens with one attached hydrogen (secondary N) is 1. The van der Waals surface area contributed by atoms with Crippen molar-refractivity contribution in [1.29, 1.82) is 0 Å². The molecule has 1 saturated carbocycles. The molecule has 1 aliphatic carbocycles. The van der Waals surface area contributed by atoms with Crippen LogP contribution in [-0.2, 0) is 38.0 Å². The smallest absolute Gasteiger partial charge is 0.407 e. The third kappa shape index (κ3) is 20.2. The van der Waals surface area contributed by atoms with Crippen LogP contribution >= 0.6 is 0 Å². The Labute approximate surface area is 185 Å². The lowest BCUT2D eigenvalue weighted by Gasteiger charge is -2.19. The molecule has 0 aliphatic heterocycles. The molecule has 0 aromatic rings. The number of amides is 1. The molecule has 1 fully saturated rings. The van der Waals surface area contributed by atoms with Crippen LogP contribution in [0, 0.1) is 5.92 Å². The van der Waals surface area contributed by atoms with Gasteiger partial charge < -0.3 is 38.5 Å². The molecule has 0 aromatic carbocycles. The number of hydrogen-bond donors (Lipinski definition) is 1. The van der Waals surface area contributed by atoms with Crippen LogP contribution in [0.3, 0.4) is 0 Å². The molecule has 0 aromatic heterocycles. The van der Waals surface area contributed by atoms with E-state index in [9.17, 15) is 9.59 Å². The molecule has 10 nitrogen and oxygen atoms in total. The van der Waals surface area contributed by atoms with E-state index in [1.165, 1.54) is 0 Å². The quantitative estimate of drug-likeness (QED) is 0.232. The second-order valence-electron chi connectivity index (χ2n) is 8.06. The first-order valence-corrected chi connectivity index (χ1v) is 10.9. The van der Waals surface area contributed by atoms with Gasteiger partial charge in [0.25, 0.3) is 0 Å². The first kappa shape index (κ1) is 27.6. The maximum absolute atomic E-state index is 11.4. The minimum atomic E-state index is -0.507. The summed E-state index contributed by atoms with van der Waals surface area (Å²) in [6.45, 7) is 10.2. The fourth-order valence-electron chi connectivity index (χ4n) is 2.11. The van der Waals surface area contributed by atoms with Crippen LogP contribution in [0.15, 0.2) is 0 Å². The summed E-state index contributed by atoms with van der Waals surface area (Å²) in [6, 6.07) is 0. The van der Waals surface area contributed by atoms with E-state index in [1.54, 1.807) is 0 Å². The van der Waals surface area contributed by atoms with E-state index in [4.69, 9.17) is 33.2 Å². The third-order valence-corrected chi connectivity index (χ3v) is 3.80. The molecule has 31 heavy (non-hydrogen) atoms. The summed E-state index contributed by atoms with van der Waals surface area (Å²) in [6.07, 6.45) is 1.85. The number of esters is 1. The van der Waals surface area contributed by atoms with Crippen molar-refractivity contribution >= 4 is 12.1 Å². The Morgan fingerprint density at radius 3 is 1.74 bits per heavy atom. The van der Waals surface area contributed by atoms with E-state index < -0.39 is 11.7 Å². The van der Waals surface area contributed by atoms with Crippen molar-refractivity contribution in [1.82, 2.24) is 5.32 Å². The summed E-state index contributed by atoms with van der Waals surface area (Å²) in [7, 11) is 0. The molecule has 0 saturated heterocycles. The van der Waals surface area contributed by atoms with E-state index in [1.807, 2.05) is 20.8 Å². The Kier molecular flexibility index (Phi) is 15.2. The van der Waals surface area contributed by atoms with Crippen LogP contribution in [0.5, 0.6) is 0 Å². The van der Waals surface area contributed by atoms with Gasteiger partial charge >= 0.3 is 12.1 Å². The highest BCUT2D eigenvalue weighted by molar-refractivity contribution is 5.70. The standard InChI is InChI=1S/C21H39NO9/c1-21(2,3)31-20(24)22-6-7-25-8-9-26-10-11-27-12-13-28-14-15-29-17-19(23)30-16-18-4-5-18/h18H,4-17H2,1-3H3,(H,22,24). The lowest BCUT2D eigenvalue weighted by atomic mass is 10.2. The highest BCUT2D eigenvalue weighted by Crippen LogP contribution is 2.28. The van der Waals surface area contributed by atoms with Crippen LogP contribution in [-0.4, -0.2) is 96.9 Å². The zero-order valence-corrected chi connectivity index (χ0v) is 19.2. The first-order chi connectivity index (χ1) is 14.9. The van der Waals surface area contributed by atoms with Crippen molar-refractivity contribution in [2.24, 2.45) is 5.92 Å².